The van der Waals surface area contributed by atoms with E-state index in [2.05, 4.69) is 10.2 Å². The lowest BCUT2D eigenvalue weighted by Gasteiger charge is -2.35. The maximum Gasteiger partial charge on any atom is 0.0473 e. The van der Waals surface area contributed by atoms with Crippen LogP contribution >= 0.6 is 0 Å². The van der Waals surface area contributed by atoms with Gasteiger partial charge >= 0.3 is 0 Å². The molecule has 0 spiro atoms. The lowest BCUT2D eigenvalue weighted by Crippen LogP contribution is -2.58. The molecule has 1 saturated carbocycles. The first-order valence-electron chi connectivity index (χ1n) is 7.03. The molecule has 3 nitrogen and oxygen atoms in total. The molecule has 1 aliphatic carbocycles. The first kappa shape index (κ1) is 11.0. The van der Waals surface area contributed by atoms with E-state index in [0.29, 0.717) is 0 Å². The smallest absolute Gasteiger partial charge is 0.0473 e. The van der Waals surface area contributed by atoms with Crippen LogP contribution in [0.3, 0.4) is 0 Å². The first-order valence-corrected chi connectivity index (χ1v) is 7.03. The van der Waals surface area contributed by atoms with Crippen LogP contribution < -0.4 is 11.1 Å². The van der Waals surface area contributed by atoms with Gasteiger partial charge in [0.25, 0.3) is 0 Å². The van der Waals surface area contributed by atoms with Crippen molar-refractivity contribution in [2.75, 3.05) is 26.2 Å². The van der Waals surface area contributed by atoms with Crippen molar-refractivity contribution in [3.8, 4) is 0 Å². The van der Waals surface area contributed by atoms with E-state index in [9.17, 15) is 0 Å². The maximum atomic E-state index is 6.07. The van der Waals surface area contributed by atoms with Gasteiger partial charge in [0.1, 0.15) is 0 Å². The topological polar surface area (TPSA) is 41.3 Å². The van der Waals surface area contributed by atoms with E-state index < -0.39 is 0 Å². The fourth-order valence-electron chi connectivity index (χ4n) is 3.68. The largest absolute Gasteiger partial charge is 0.329 e. The third-order valence-corrected chi connectivity index (χ3v) is 4.94. The van der Waals surface area contributed by atoms with Crippen LogP contribution in [0.15, 0.2) is 0 Å². The number of hydrogen-bond acceptors (Lipinski definition) is 3. The Labute approximate surface area is 98.8 Å². The Morgan fingerprint density at radius 2 is 2.12 bits per heavy atom. The quantitative estimate of drug-likeness (QED) is 0.729. The molecule has 2 unspecified atom stereocenters. The maximum absolute atomic E-state index is 6.07. The van der Waals surface area contributed by atoms with E-state index in [1.165, 1.54) is 58.2 Å². The molecule has 0 bridgehead atoms. The summed E-state index contributed by atoms with van der Waals surface area (Å²) in [6, 6.07) is 0.733. The summed E-state index contributed by atoms with van der Waals surface area (Å²) in [5, 5.41) is 3.82. The third kappa shape index (κ3) is 1.89. The van der Waals surface area contributed by atoms with Gasteiger partial charge in [-0.15, -0.1) is 0 Å². The average Bonchev–Trinajstić information content (AvgIpc) is 2.89. The normalized spacial score (nSPS) is 39.2. The number of rotatable bonds is 5. The lowest BCUT2D eigenvalue weighted by molar-refractivity contribution is 0.228. The number of nitrogens with two attached hydrogens (primary N) is 1. The van der Waals surface area contributed by atoms with E-state index in [4.69, 9.17) is 5.73 Å². The van der Waals surface area contributed by atoms with Crippen LogP contribution in [0.1, 0.15) is 38.5 Å². The van der Waals surface area contributed by atoms with Crippen molar-refractivity contribution >= 4 is 0 Å². The van der Waals surface area contributed by atoms with Crippen LogP contribution in [-0.4, -0.2) is 42.7 Å². The van der Waals surface area contributed by atoms with Crippen molar-refractivity contribution in [2.24, 2.45) is 11.7 Å². The second-order valence-electron chi connectivity index (χ2n) is 5.96. The van der Waals surface area contributed by atoms with Gasteiger partial charge in [0.15, 0.2) is 0 Å². The average molecular weight is 223 g/mol. The summed E-state index contributed by atoms with van der Waals surface area (Å²) >= 11 is 0. The molecule has 3 N–H and O–H groups in total. The Hall–Kier alpha value is -0.120. The van der Waals surface area contributed by atoms with Crippen LogP contribution in [0.25, 0.3) is 0 Å². The van der Waals surface area contributed by atoms with E-state index in [0.717, 1.165) is 18.5 Å². The highest BCUT2D eigenvalue weighted by atomic mass is 15.3. The third-order valence-electron chi connectivity index (χ3n) is 4.94. The summed E-state index contributed by atoms with van der Waals surface area (Å²) < 4.78 is 0. The summed E-state index contributed by atoms with van der Waals surface area (Å²) in [7, 11) is 0. The molecule has 3 rings (SSSR count). The molecule has 3 fully saturated rings. The van der Waals surface area contributed by atoms with Crippen molar-refractivity contribution in [3.05, 3.63) is 0 Å². The molecule has 2 atom stereocenters. The molecule has 92 valence electrons. The van der Waals surface area contributed by atoms with E-state index in [-0.39, 0.29) is 5.54 Å². The number of hydrogen-bond donors (Lipinski definition) is 2. The molecule has 2 saturated heterocycles. The Morgan fingerprint density at radius 1 is 1.25 bits per heavy atom. The predicted molar refractivity (Wildman–Crippen MR) is 66.3 cm³/mol. The molecule has 0 aromatic carbocycles. The SMILES string of the molecule is NCC1(NCCC2CC2)CCN2CCCC21. The first-order chi connectivity index (χ1) is 7.84. The number of fused-ring (bicyclic) bond motifs is 1. The molecule has 3 aliphatic rings. The minimum atomic E-state index is 0.255. The van der Waals surface area contributed by atoms with Gasteiger partial charge in [0, 0.05) is 24.7 Å². The molecule has 0 radical (unpaired) electrons. The molecule has 3 heteroatoms. The number of nitrogens with one attached hydrogen (secondary N) is 1. The van der Waals surface area contributed by atoms with Crippen molar-refractivity contribution < 1.29 is 0 Å². The van der Waals surface area contributed by atoms with Gasteiger partial charge in [-0.3, -0.25) is 4.90 Å². The second-order valence-corrected chi connectivity index (χ2v) is 5.96. The van der Waals surface area contributed by atoms with E-state index >= 15 is 0 Å². The van der Waals surface area contributed by atoms with Crippen molar-refractivity contribution in [3.63, 3.8) is 0 Å². The Kier molecular flexibility index (Phi) is 2.94. The van der Waals surface area contributed by atoms with Crippen molar-refractivity contribution in [1.29, 1.82) is 0 Å². The summed E-state index contributed by atoms with van der Waals surface area (Å²) in [4.78, 5) is 2.65. The summed E-state index contributed by atoms with van der Waals surface area (Å²) in [6.45, 7) is 4.57. The van der Waals surface area contributed by atoms with Crippen LogP contribution in [0.4, 0.5) is 0 Å². The minimum Gasteiger partial charge on any atom is -0.329 e. The van der Waals surface area contributed by atoms with Gasteiger partial charge < -0.3 is 11.1 Å². The predicted octanol–water partition coefficient (Wildman–Crippen LogP) is 0.942. The Morgan fingerprint density at radius 3 is 2.88 bits per heavy atom. The van der Waals surface area contributed by atoms with Crippen LogP contribution in [-0.2, 0) is 0 Å². The minimum absolute atomic E-state index is 0.255. The highest BCUT2D eigenvalue weighted by Gasteiger charge is 2.47. The highest BCUT2D eigenvalue weighted by molar-refractivity contribution is 5.08. The molecule has 0 aromatic rings. The summed E-state index contributed by atoms with van der Waals surface area (Å²) in [5.74, 6) is 1.03. The van der Waals surface area contributed by atoms with Crippen molar-refractivity contribution in [1.82, 2.24) is 10.2 Å². The van der Waals surface area contributed by atoms with Gasteiger partial charge in [0.2, 0.25) is 0 Å². The Balaban J connectivity index is 1.58. The molecule has 0 amide bonds. The van der Waals surface area contributed by atoms with E-state index in [1.54, 1.807) is 0 Å². The molecule has 16 heavy (non-hydrogen) atoms. The highest BCUT2D eigenvalue weighted by Crippen LogP contribution is 2.36. The van der Waals surface area contributed by atoms with Gasteiger partial charge in [-0.05, 0) is 44.7 Å². The van der Waals surface area contributed by atoms with Gasteiger partial charge in [0.05, 0.1) is 0 Å². The Bertz CT molecular complexity index is 252. The standard InChI is InChI=1S/C13H25N3/c14-10-13(15-7-5-11-3-4-11)6-9-16-8-1-2-12(13)16/h11-12,15H,1-10,14H2. The zero-order valence-electron chi connectivity index (χ0n) is 10.3. The fourth-order valence-corrected chi connectivity index (χ4v) is 3.68. The van der Waals surface area contributed by atoms with Crippen LogP contribution in [0.5, 0.6) is 0 Å². The van der Waals surface area contributed by atoms with Gasteiger partial charge in [-0.1, -0.05) is 12.8 Å². The van der Waals surface area contributed by atoms with Gasteiger partial charge in [-0.25, -0.2) is 0 Å². The lowest BCUT2D eigenvalue weighted by atomic mass is 9.88. The molecular weight excluding hydrogens is 198 g/mol. The van der Waals surface area contributed by atoms with Crippen molar-refractivity contribution in [2.45, 2.75) is 50.1 Å². The fraction of sp³-hybridized carbons (Fsp3) is 1.00. The summed E-state index contributed by atoms with van der Waals surface area (Å²) in [5.41, 5.74) is 6.32. The molecule has 0 aromatic heterocycles. The zero-order valence-corrected chi connectivity index (χ0v) is 10.3. The monoisotopic (exact) mass is 223 g/mol. The second kappa shape index (κ2) is 4.28. The molecular formula is C13H25N3. The number of nitrogens with zero attached hydrogens (tertiary/aromatic N) is 1. The van der Waals surface area contributed by atoms with Crippen LogP contribution in [0.2, 0.25) is 0 Å². The summed E-state index contributed by atoms with van der Waals surface area (Å²) in [6.07, 6.45) is 8.29. The zero-order chi connectivity index (χ0) is 11.0. The molecule has 2 aliphatic heterocycles. The van der Waals surface area contributed by atoms with Gasteiger partial charge in [-0.2, -0.15) is 0 Å². The van der Waals surface area contributed by atoms with E-state index in [1.807, 2.05) is 0 Å². The van der Waals surface area contributed by atoms with Crippen LogP contribution in [0, 0.1) is 5.92 Å². The molecule has 2 heterocycles.